The summed E-state index contributed by atoms with van der Waals surface area (Å²) in [6, 6.07) is 5.31. The Balaban J connectivity index is 1.11. The predicted molar refractivity (Wildman–Crippen MR) is 177 cm³/mol. The molecule has 20 atom stereocenters. The predicted octanol–water partition coefficient (Wildman–Crippen LogP) is -5.11. The van der Waals surface area contributed by atoms with E-state index in [-0.39, 0.29) is 36.5 Å². The molecule has 5 saturated heterocycles. The summed E-state index contributed by atoms with van der Waals surface area (Å²) in [6.07, 6.45) is -23.5. The van der Waals surface area contributed by atoms with Crippen LogP contribution in [-0.4, -0.2) is 195 Å². The van der Waals surface area contributed by atoms with Gasteiger partial charge in [0.2, 0.25) is 11.6 Å². The second-order valence-electron chi connectivity index (χ2n) is 15.0. The molecule has 5 heterocycles. The van der Waals surface area contributed by atoms with Gasteiger partial charge in [-0.25, -0.2) is 4.79 Å². The molecule has 7 rings (SSSR count). The van der Waals surface area contributed by atoms with Crippen molar-refractivity contribution in [1.29, 1.82) is 0 Å². The van der Waals surface area contributed by atoms with E-state index in [1.165, 1.54) is 24.3 Å². The van der Waals surface area contributed by atoms with E-state index >= 15 is 0 Å². The van der Waals surface area contributed by atoms with E-state index in [0.29, 0.717) is 0 Å². The number of ether oxygens (including phenoxy) is 7. The summed E-state index contributed by atoms with van der Waals surface area (Å²) in [7, 11) is -1.92. The number of phenolic OH excluding ortho intramolecular Hbond substituents is 1. The lowest BCUT2D eigenvalue weighted by Gasteiger charge is -2.47. The van der Waals surface area contributed by atoms with Gasteiger partial charge in [-0.05, 0) is 30.7 Å². The van der Waals surface area contributed by atoms with Crippen molar-refractivity contribution in [2.24, 2.45) is 11.8 Å². The number of aliphatic hydroxyl groups is 9. The van der Waals surface area contributed by atoms with E-state index in [1.54, 1.807) is 6.92 Å². The first kappa shape index (κ1) is 40.9. The van der Waals surface area contributed by atoms with Crippen molar-refractivity contribution < 1.29 is 98.0 Å². The van der Waals surface area contributed by atoms with Crippen LogP contribution in [0.1, 0.15) is 30.1 Å². The van der Waals surface area contributed by atoms with Gasteiger partial charge in [0.05, 0.1) is 48.6 Å². The second kappa shape index (κ2) is 15.5. The zero-order chi connectivity index (χ0) is 39.7. The number of aromatic hydroxyl groups is 1. The van der Waals surface area contributed by atoms with Crippen LogP contribution in [0.25, 0.3) is 0 Å². The Hall–Kier alpha value is -2.29. The lowest BCUT2D eigenvalue weighted by molar-refractivity contribution is -0.372. The van der Waals surface area contributed by atoms with Gasteiger partial charge in [-0.2, -0.15) is 0 Å². The molecule has 0 unspecified atom stereocenters. The summed E-state index contributed by atoms with van der Waals surface area (Å²) in [4.78, 5) is 27.1. The number of rotatable bonds is 8. The fourth-order valence-electron chi connectivity index (χ4n) is 8.39. The van der Waals surface area contributed by atoms with E-state index in [1.807, 2.05) is 0 Å². The average molecular weight is 807 g/mol. The third kappa shape index (κ3) is 6.94. The molecular formula is C34H46O20S. The molecule has 1 aromatic carbocycles. The molecule has 0 bridgehead atoms. The van der Waals surface area contributed by atoms with E-state index in [2.05, 4.69) is 0 Å². The molecule has 55 heavy (non-hydrogen) atoms. The molecule has 20 nitrogen and oxygen atoms in total. The van der Waals surface area contributed by atoms with Crippen LogP contribution in [0.2, 0.25) is 0 Å². The van der Waals surface area contributed by atoms with Gasteiger partial charge in [0, 0.05) is 29.1 Å². The van der Waals surface area contributed by atoms with Crippen molar-refractivity contribution in [3.8, 4) is 5.75 Å². The molecule has 1 aromatic rings. The largest absolute Gasteiger partial charge is 0.508 e. The first-order valence-electron chi connectivity index (χ1n) is 17.9. The maximum absolute atomic E-state index is 14.1. The van der Waals surface area contributed by atoms with Crippen LogP contribution < -0.4 is 0 Å². The van der Waals surface area contributed by atoms with Crippen LogP contribution in [0.15, 0.2) is 24.3 Å². The Bertz CT molecular complexity index is 1600. The van der Waals surface area contributed by atoms with Crippen LogP contribution in [0.4, 0.5) is 0 Å². The number of phenols is 1. The Kier molecular flexibility index (Phi) is 11.5. The lowest BCUT2D eigenvalue weighted by Crippen LogP contribution is -2.66. The Morgan fingerprint density at radius 3 is 2.18 bits per heavy atom. The zero-order valence-electron chi connectivity index (χ0n) is 29.3. The third-order valence-corrected chi connectivity index (χ3v) is 13.5. The van der Waals surface area contributed by atoms with E-state index < -0.39 is 150 Å². The number of Topliss-reactive ketones (excluding diaryl/α,β-unsaturated/α-hetero) is 1. The highest BCUT2D eigenvalue weighted by atomic mass is 32.2. The van der Waals surface area contributed by atoms with Gasteiger partial charge >= 0.3 is 5.97 Å². The Morgan fingerprint density at radius 1 is 0.891 bits per heavy atom. The average Bonchev–Trinajstić information content (AvgIpc) is 3.58. The Morgan fingerprint density at radius 2 is 1.53 bits per heavy atom. The molecule has 1 spiro atoms. The van der Waals surface area contributed by atoms with Gasteiger partial charge in [-0.3, -0.25) is 9.00 Å². The SMILES string of the molecule is C[C@@H]1CO[C@@]2(C[C@@H]1OC(=O)c1ccc(O)cc1)O[C@@H]1[C@@H]3[C@H](C[C@H](O)[C@]1(O)C2=O)[C@@H](O[C@@H]1O[C@H](CO)[C@@H](O)[C@H](O)[C@H]1O[C@@H]1O[C@H](CO)[C@@H](O)[C@H](O)[C@H]1O)C[S@]3=O. The number of ketones is 1. The quantitative estimate of drug-likeness (QED) is 0.110. The number of carbonyl (C=O) groups is 2. The summed E-state index contributed by atoms with van der Waals surface area (Å²) in [6.45, 7) is -0.0435. The van der Waals surface area contributed by atoms with Gasteiger partial charge < -0.3 is 84.2 Å². The van der Waals surface area contributed by atoms with Crippen molar-refractivity contribution >= 4 is 22.6 Å². The van der Waals surface area contributed by atoms with Gasteiger partial charge in [0.1, 0.15) is 66.8 Å². The van der Waals surface area contributed by atoms with Gasteiger partial charge in [0.25, 0.3) is 0 Å². The minimum absolute atomic E-state index is 0.0669. The number of esters is 1. The number of aliphatic hydroxyl groups excluding tert-OH is 8. The highest BCUT2D eigenvalue weighted by Gasteiger charge is 2.75. The molecule has 0 aromatic heterocycles. The van der Waals surface area contributed by atoms with Crippen molar-refractivity contribution in [2.45, 2.75) is 122 Å². The monoisotopic (exact) mass is 806 g/mol. The molecular weight excluding hydrogens is 760 g/mol. The molecule has 1 saturated carbocycles. The fourth-order valence-corrected chi connectivity index (χ4v) is 10.5. The van der Waals surface area contributed by atoms with Crippen molar-refractivity contribution in [1.82, 2.24) is 0 Å². The molecule has 6 aliphatic rings. The van der Waals surface area contributed by atoms with Gasteiger partial charge in [0.15, 0.2) is 18.2 Å². The molecule has 1 aliphatic carbocycles. The maximum Gasteiger partial charge on any atom is 0.338 e. The van der Waals surface area contributed by atoms with Crippen molar-refractivity contribution in [3.63, 3.8) is 0 Å². The highest BCUT2D eigenvalue weighted by Crippen LogP contribution is 2.53. The maximum atomic E-state index is 14.1. The topological polar surface area (TPSA) is 318 Å². The molecule has 5 aliphatic heterocycles. The molecule has 308 valence electrons. The first-order chi connectivity index (χ1) is 26.0. The van der Waals surface area contributed by atoms with E-state index in [4.69, 9.17) is 33.2 Å². The first-order valence-corrected chi connectivity index (χ1v) is 19.3. The molecule has 6 fully saturated rings. The van der Waals surface area contributed by atoms with Crippen LogP contribution >= 0.6 is 0 Å². The van der Waals surface area contributed by atoms with Crippen molar-refractivity contribution in [3.05, 3.63) is 29.8 Å². The molecule has 0 radical (unpaired) electrons. The molecule has 0 amide bonds. The normalized spacial score (nSPS) is 49.7. The van der Waals surface area contributed by atoms with Crippen LogP contribution in [0.3, 0.4) is 0 Å². The number of hydrogen-bond donors (Lipinski definition) is 10. The van der Waals surface area contributed by atoms with Crippen LogP contribution in [0.5, 0.6) is 5.75 Å². The van der Waals surface area contributed by atoms with Gasteiger partial charge in [-0.15, -0.1) is 0 Å². The number of benzene rings is 1. The van der Waals surface area contributed by atoms with Gasteiger partial charge in [-0.1, -0.05) is 6.92 Å². The zero-order valence-corrected chi connectivity index (χ0v) is 30.1. The third-order valence-electron chi connectivity index (χ3n) is 11.6. The summed E-state index contributed by atoms with van der Waals surface area (Å²) in [5.74, 6) is -5.70. The molecule has 10 N–H and O–H groups in total. The summed E-state index contributed by atoms with van der Waals surface area (Å²) < 4.78 is 54.8. The van der Waals surface area contributed by atoms with E-state index in [0.717, 1.165) is 0 Å². The number of carbonyl (C=O) groups excluding carboxylic acids is 2. The number of fused-ring (bicyclic) bond motifs is 3. The highest BCUT2D eigenvalue weighted by molar-refractivity contribution is 7.86. The Labute approximate surface area is 315 Å². The van der Waals surface area contributed by atoms with Crippen molar-refractivity contribution in [2.75, 3.05) is 25.6 Å². The minimum atomic E-state index is -2.60. The molecule has 21 heteroatoms. The summed E-state index contributed by atoms with van der Waals surface area (Å²) >= 11 is 0. The fraction of sp³-hybridized carbons (Fsp3) is 0.765. The second-order valence-corrected chi connectivity index (χ2v) is 16.7. The summed E-state index contributed by atoms with van der Waals surface area (Å²) in [5, 5.41) is 104. The standard InChI is InChI=1S/C34H46O20S/c1-12-10-48-33(7-16(12)49-29(44)13-2-4-14(37)5-3-13)32(45)34(46)20(38)6-15-19(11-55(47)27(15)28(34)54-33)52-31-26(24(42)22(40)18(9-36)51-31)53-30-25(43)23(41)21(39)17(8-35)50-30/h2-5,12,15-28,30-31,35-43,46H,6-11H2,1H3/t12-,15-,16+,17-,18-,19+,20+,21-,22-,23+,24+,25-,26-,27+,28-,30+,31+,33+,34-,55-/m1/s1. The smallest absolute Gasteiger partial charge is 0.338 e. The summed E-state index contributed by atoms with van der Waals surface area (Å²) in [5.41, 5.74) is -2.48. The lowest BCUT2D eigenvalue weighted by atomic mass is 9.70. The minimum Gasteiger partial charge on any atom is -0.508 e. The number of hydrogen-bond acceptors (Lipinski definition) is 20. The van der Waals surface area contributed by atoms with Crippen LogP contribution in [-0.2, 0) is 48.8 Å². The van der Waals surface area contributed by atoms with Crippen LogP contribution in [0, 0.1) is 11.8 Å². The van der Waals surface area contributed by atoms with E-state index in [9.17, 15) is 64.9 Å².